The van der Waals surface area contributed by atoms with Crippen LogP contribution in [0.15, 0.2) is 24.4 Å². The Morgan fingerprint density at radius 2 is 2.35 bits per heavy atom. The van der Waals surface area contributed by atoms with Gasteiger partial charge in [0.15, 0.2) is 0 Å². The summed E-state index contributed by atoms with van der Waals surface area (Å²) in [6, 6.07) is 8.00. The van der Waals surface area contributed by atoms with Crippen LogP contribution in [0, 0.1) is 11.3 Å². The van der Waals surface area contributed by atoms with Gasteiger partial charge in [0.2, 0.25) is 0 Å². The maximum absolute atomic E-state index is 8.94. The fourth-order valence-corrected chi connectivity index (χ4v) is 2.04. The molecule has 6 heteroatoms. The van der Waals surface area contributed by atoms with Crippen LogP contribution < -0.4 is 10.1 Å². The highest BCUT2D eigenvalue weighted by Crippen LogP contribution is 2.25. The molecule has 1 aromatic heterocycles. The van der Waals surface area contributed by atoms with E-state index in [1.807, 2.05) is 6.07 Å². The standard InChI is InChI=1S/C14H15N5O/c1-20-14-6-10(7-15)2-5-13(14)19-12(9-17-18-19)8-16-11-3-4-11/h2,5-6,9,11,16H,3-4,8H2,1H3. The van der Waals surface area contributed by atoms with Crippen molar-refractivity contribution in [1.82, 2.24) is 20.3 Å². The molecule has 1 heterocycles. The van der Waals surface area contributed by atoms with Crippen LogP contribution in [0.4, 0.5) is 0 Å². The summed E-state index contributed by atoms with van der Waals surface area (Å²) in [4.78, 5) is 0. The number of hydrogen-bond donors (Lipinski definition) is 1. The number of methoxy groups -OCH3 is 1. The number of ether oxygens (including phenoxy) is 1. The van der Waals surface area contributed by atoms with E-state index in [2.05, 4.69) is 21.7 Å². The highest BCUT2D eigenvalue weighted by Gasteiger charge is 2.21. The Balaban J connectivity index is 1.91. The number of nitriles is 1. The fourth-order valence-electron chi connectivity index (χ4n) is 2.04. The molecule has 1 aliphatic carbocycles. The highest BCUT2D eigenvalue weighted by molar-refractivity contribution is 5.51. The van der Waals surface area contributed by atoms with Gasteiger partial charge in [0.05, 0.1) is 30.6 Å². The molecule has 102 valence electrons. The summed E-state index contributed by atoms with van der Waals surface area (Å²) >= 11 is 0. The van der Waals surface area contributed by atoms with Crippen molar-refractivity contribution in [2.24, 2.45) is 0 Å². The number of nitrogens with one attached hydrogen (secondary N) is 1. The van der Waals surface area contributed by atoms with Crippen LogP contribution in [0.2, 0.25) is 0 Å². The second kappa shape index (κ2) is 5.31. The molecule has 0 atom stereocenters. The summed E-state index contributed by atoms with van der Waals surface area (Å²) in [5, 5.41) is 20.5. The Kier molecular flexibility index (Phi) is 3.35. The van der Waals surface area contributed by atoms with Crippen LogP contribution in [-0.4, -0.2) is 28.1 Å². The smallest absolute Gasteiger partial charge is 0.145 e. The van der Waals surface area contributed by atoms with Gasteiger partial charge in [-0.1, -0.05) is 5.21 Å². The largest absolute Gasteiger partial charge is 0.494 e. The molecule has 3 rings (SSSR count). The van der Waals surface area contributed by atoms with Crippen molar-refractivity contribution in [1.29, 1.82) is 5.26 Å². The zero-order chi connectivity index (χ0) is 13.9. The van der Waals surface area contributed by atoms with Crippen LogP contribution in [-0.2, 0) is 6.54 Å². The molecule has 6 nitrogen and oxygen atoms in total. The van der Waals surface area contributed by atoms with Gasteiger partial charge < -0.3 is 10.1 Å². The zero-order valence-electron chi connectivity index (χ0n) is 11.2. The maximum Gasteiger partial charge on any atom is 0.145 e. The molecule has 0 bridgehead atoms. The molecular weight excluding hydrogens is 254 g/mol. The predicted octanol–water partition coefficient (Wildman–Crippen LogP) is 1.40. The van der Waals surface area contributed by atoms with Crippen molar-refractivity contribution in [2.75, 3.05) is 7.11 Å². The van der Waals surface area contributed by atoms with Crippen molar-refractivity contribution in [3.05, 3.63) is 35.7 Å². The van der Waals surface area contributed by atoms with Gasteiger partial charge in [-0.25, -0.2) is 4.68 Å². The second-order valence-corrected chi connectivity index (χ2v) is 4.79. The predicted molar refractivity (Wildman–Crippen MR) is 72.5 cm³/mol. The first-order chi connectivity index (χ1) is 9.81. The lowest BCUT2D eigenvalue weighted by molar-refractivity contribution is 0.410. The Morgan fingerprint density at radius 1 is 1.50 bits per heavy atom. The minimum absolute atomic E-state index is 0.559. The van der Waals surface area contributed by atoms with E-state index in [0.717, 1.165) is 17.9 Å². The average Bonchev–Trinajstić information content (AvgIpc) is 3.21. The lowest BCUT2D eigenvalue weighted by Gasteiger charge is -2.11. The number of nitrogens with zero attached hydrogens (tertiary/aromatic N) is 4. The number of rotatable bonds is 5. The number of benzene rings is 1. The third-order valence-corrected chi connectivity index (χ3v) is 3.31. The zero-order valence-corrected chi connectivity index (χ0v) is 11.2. The monoisotopic (exact) mass is 269 g/mol. The summed E-state index contributed by atoms with van der Waals surface area (Å²) in [6.45, 7) is 0.723. The highest BCUT2D eigenvalue weighted by atomic mass is 16.5. The lowest BCUT2D eigenvalue weighted by atomic mass is 10.2. The Labute approximate surface area is 117 Å². The van der Waals surface area contributed by atoms with Crippen molar-refractivity contribution < 1.29 is 4.74 Å². The third kappa shape index (κ3) is 2.49. The molecular formula is C14H15N5O. The van der Waals surface area contributed by atoms with Gasteiger partial charge in [-0.2, -0.15) is 5.26 Å². The molecule has 1 saturated carbocycles. The lowest BCUT2D eigenvalue weighted by Crippen LogP contribution is -2.18. The van der Waals surface area contributed by atoms with Gasteiger partial charge in [-0.05, 0) is 25.0 Å². The van der Waals surface area contributed by atoms with E-state index in [9.17, 15) is 0 Å². The van der Waals surface area contributed by atoms with Crippen LogP contribution >= 0.6 is 0 Å². The first kappa shape index (κ1) is 12.6. The normalized spacial score (nSPS) is 14.0. The molecule has 1 aliphatic rings. The number of aromatic nitrogens is 3. The molecule has 1 fully saturated rings. The SMILES string of the molecule is COc1cc(C#N)ccc1-n1nncc1CNC1CC1. The van der Waals surface area contributed by atoms with Crippen molar-refractivity contribution >= 4 is 0 Å². The molecule has 2 aromatic rings. The van der Waals surface area contributed by atoms with Crippen LogP contribution in [0.5, 0.6) is 5.75 Å². The first-order valence-corrected chi connectivity index (χ1v) is 6.53. The number of hydrogen-bond acceptors (Lipinski definition) is 5. The van der Waals surface area contributed by atoms with Crippen LogP contribution in [0.1, 0.15) is 24.1 Å². The Hall–Kier alpha value is -2.39. The summed E-state index contributed by atoms with van der Waals surface area (Å²) in [6.07, 6.45) is 4.22. The first-order valence-electron chi connectivity index (χ1n) is 6.53. The van der Waals surface area contributed by atoms with E-state index in [1.54, 1.807) is 30.1 Å². The Bertz CT molecular complexity index is 654. The minimum Gasteiger partial charge on any atom is -0.494 e. The van der Waals surface area contributed by atoms with Crippen molar-refractivity contribution in [2.45, 2.75) is 25.4 Å². The van der Waals surface area contributed by atoms with Gasteiger partial charge in [0, 0.05) is 18.7 Å². The van der Waals surface area contributed by atoms with E-state index >= 15 is 0 Å². The van der Waals surface area contributed by atoms with E-state index in [-0.39, 0.29) is 0 Å². The molecule has 0 amide bonds. The fraction of sp³-hybridized carbons (Fsp3) is 0.357. The molecule has 0 spiro atoms. The molecule has 1 aromatic carbocycles. The molecule has 1 N–H and O–H groups in total. The molecule has 0 radical (unpaired) electrons. The summed E-state index contributed by atoms with van der Waals surface area (Å²) < 4.78 is 7.09. The molecule has 0 saturated heterocycles. The quantitative estimate of drug-likeness (QED) is 0.888. The van der Waals surface area contributed by atoms with Crippen LogP contribution in [0.3, 0.4) is 0 Å². The molecule has 0 aliphatic heterocycles. The van der Waals surface area contributed by atoms with Gasteiger partial charge in [-0.15, -0.1) is 5.10 Å². The summed E-state index contributed by atoms with van der Waals surface area (Å²) in [5.74, 6) is 0.613. The topological polar surface area (TPSA) is 75.8 Å². The van der Waals surface area contributed by atoms with E-state index < -0.39 is 0 Å². The van der Waals surface area contributed by atoms with E-state index in [1.165, 1.54) is 12.8 Å². The molecule has 20 heavy (non-hydrogen) atoms. The van der Waals surface area contributed by atoms with Crippen molar-refractivity contribution in [3.63, 3.8) is 0 Å². The third-order valence-electron chi connectivity index (χ3n) is 3.31. The van der Waals surface area contributed by atoms with Gasteiger partial charge in [0.1, 0.15) is 11.4 Å². The average molecular weight is 269 g/mol. The van der Waals surface area contributed by atoms with Crippen LogP contribution in [0.25, 0.3) is 5.69 Å². The van der Waals surface area contributed by atoms with Gasteiger partial charge in [-0.3, -0.25) is 0 Å². The van der Waals surface area contributed by atoms with Gasteiger partial charge >= 0.3 is 0 Å². The van der Waals surface area contributed by atoms with Gasteiger partial charge in [0.25, 0.3) is 0 Å². The molecule has 0 unspecified atom stereocenters. The Morgan fingerprint density at radius 3 is 3.05 bits per heavy atom. The van der Waals surface area contributed by atoms with Crippen molar-refractivity contribution in [3.8, 4) is 17.5 Å². The van der Waals surface area contributed by atoms with E-state index in [0.29, 0.717) is 17.4 Å². The summed E-state index contributed by atoms with van der Waals surface area (Å²) in [5.41, 5.74) is 2.32. The minimum atomic E-state index is 0.559. The van der Waals surface area contributed by atoms with E-state index in [4.69, 9.17) is 10.00 Å². The maximum atomic E-state index is 8.94. The summed E-state index contributed by atoms with van der Waals surface area (Å²) in [7, 11) is 1.58. The second-order valence-electron chi connectivity index (χ2n) is 4.79.